The summed E-state index contributed by atoms with van der Waals surface area (Å²) in [4.78, 5) is 23.0. The maximum atomic E-state index is 14.1. The molecular formula is C30H22Br2O6P2. The minimum atomic E-state index is -4.74. The molecule has 2 N–H and O–H groups in total. The summed E-state index contributed by atoms with van der Waals surface area (Å²) in [7, 11) is -9.47. The van der Waals surface area contributed by atoms with Crippen LogP contribution in [0.4, 0.5) is 0 Å². The van der Waals surface area contributed by atoms with Gasteiger partial charge in [0.2, 0.25) is 0 Å². The van der Waals surface area contributed by atoms with Crippen molar-refractivity contribution in [3.05, 3.63) is 163 Å². The van der Waals surface area contributed by atoms with E-state index in [1.807, 2.05) is 24.3 Å². The highest BCUT2D eigenvalue weighted by atomic mass is 79.9. The highest BCUT2D eigenvalue weighted by Crippen LogP contribution is 2.80. The number of benzene rings is 4. The number of allylic oxidation sites excluding steroid dienone is 2. The van der Waals surface area contributed by atoms with Gasteiger partial charge in [0.25, 0.3) is 0 Å². The Morgan fingerprint density at radius 1 is 0.475 bits per heavy atom. The fourth-order valence-corrected chi connectivity index (χ4v) is 12.6. The van der Waals surface area contributed by atoms with Crippen molar-refractivity contribution in [2.45, 2.75) is 11.2 Å². The Bertz CT molecular complexity index is 1530. The smallest absolute Gasteiger partial charge is 0.321 e. The van der Waals surface area contributed by atoms with Crippen molar-refractivity contribution in [2.24, 2.45) is 0 Å². The molecule has 0 radical (unpaired) electrons. The van der Waals surface area contributed by atoms with Gasteiger partial charge >= 0.3 is 15.2 Å². The third-order valence-corrected chi connectivity index (χ3v) is 12.8. The van der Waals surface area contributed by atoms with E-state index in [4.69, 9.17) is 9.05 Å². The largest absolute Gasteiger partial charge is 0.362 e. The van der Waals surface area contributed by atoms with Crippen LogP contribution in [0.25, 0.3) is 0 Å². The molecular weight excluding hydrogens is 678 g/mol. The van der Waals surface area contributed by atoms with Gasteiger partial charge in [-0.05, 0) is 22.3 Å². The van der Waals surface area contributed by atoms with Gasteiger partial charge < -0.3 is 9.79 Å². The quantitative estimate of drug-likeness (QED) is 0.203. The molecule has 4 aromatic rings. The van der Waals surface area contributed by atoms with Gasteiger partial charge in [-0.15, -0.1) is 0 Å². The second-order valence-corrected chi connectivity index (χ2v) is 14.3. The Labute approximate surface area is 248 Å². The van der Waals surface area contributed by atoms with Crippen LogP contribution in [0.5, 0.6) is 0 Å². The zero-order chi connectivity index (χ0) is 28.2. The SMILES string of the molecule is O=P1(O)OC(c2ccccc2)(c2ccccc2)C(Br)=C1C1=C(Br)C(c2ccccc2)(c2ccccc2)OP1(=O)O. The number of halogens is 2. The van der Waals surface area contributed by atoms with Gasteiger partial charge in [0.15, 0.2) is 11.2 Å². The summed E-state index contributed by atoms with van der Waals surface area (Å²) in [5.41, 5.74) is -0.854. The van der Waals surface area contributed by atoms with Crippen molar-refractivity contribution in [3.63, 3.8) is 0 Å². The van der Waals surface area contributed by atoms with Crippen LogP contribution in [0.1, 0.15) is 22.3 Å². The van der Waals surface area contributed by atoms with Gasteiger partial charge in [-0.3, -0.25) is 18.2 Å². The molecule has 0 fully saturated rings. The maximum Gasteiger partial charge on any atom is 0.362 e. The minimum Gasteiger partial charge on any atom is -0.321 e. The molecule has 0 saturated carbocycles. The molecule has 0 saturated heterocycles. The van der Waals surface area contributed by atoms with E-state index in [-0.39, 0.29) is 19.6 Å². The molecule has 2 heterocycles. The number of hydrogen-bond donors (Lipinski definition) is 2. The van der Waals surface area contributed by atoms with Gasteiger partial charge in [0.1, 0.15) is 0 Å². The topological polar surface area (TPSA) is 93.1 Å². The fourth-order valence-electron chi connectivity index (χ4n) is 5.34. The molecule has 2 aliphatic heterocycles. The van der Waals surface area contributed by atoms with E-state index in [0.29, 0.717) is 22.3 Å². The third kappa shape index (κ3) is 4.13. The van der Waals surface area contributed by atoms with Crippen molar-refractivity contribution < 1.29 is 28.0 Å². The molecule has 6 rings (SSSR count). The summed E-state index contributed by atoms with van der Waals surface area (Å²) in [6.45, 7) is 0. The van der Waals surface area contributed by atoms with Crippen LogP contribution in [0.15, 0.2) is 141 Å². The Morgan fingerprint density at radius 2 is 0.700 bits per heavy atom. The van der Waals surface area contributed by atoms with Crippen molar-refractivity contribution in [3.8, 4) is 0 Å². The second-order valence-electron chi connectivity index (χ2n) is 9.38. The molecule has 2 unspecified atom stereocenters. The zero-order valence-electron chi connectivity index (χ0n) is 20.7. The van der Waals surface area contributed by atoms with Gasteiger partial charge in [-0.2, -0.15) is 0 Å². The predicted octanol–water partition coefficient (Wildman–Crippen LogP) is 8.52. The van der Waals surface area contributed by atoms with E-state index >= 15 is 0 Å². The van der Waals surface area contributed by atoms with Crippen LogP contribution in [-0.4, -0.2) is 9.79 Å². The molecule has 4 aromatic carbocycles. The molecule has 10 heteroatoms. The van der Waals surface area contributed by atoms with E-state index in [1.165, 1.54) is 0 Å². The standard InChI is InChI=1S/C30H22Br2O6P2/c31-27-25(39(33,34)37-29(27,21-13-5-1-6-14-21)22-15-7-2-8-16-22)26-28(32)30(38-40(26,35)36,23-17-9-3-10-18-23)24-19-11-4-12-20-24/h1-20H,(H,33,34)(H,35,36). The van der Waals surface area contributed by atoms with Crippen molar-refractivity contribution in [1.29, 1.82) is 0 Å². The van der Waals surface area contributed by atoms with Crippen molar-refractivity contribution >= 4 is 47.1 Å². The molecule has 0 bridgehead atoms. The van der Waals surface area contributed by atoms with E-state index in [2.05, 4.69) is 31.9 Å². The summed E-state index contributed by atoms with van der Waals surface area (Å²) in [6, 6.07) is 35.9. The summed E-state index contributed by atoms with van der Waals surface area (Å²) in [5, 5.41) is -0.627. The maximum absolute atomic E-state index is 14.1. The second kappa shape index (κ2) is 10.2. The minimum absolute atomic E-state index is 0.144. The first kappa shape index (κ1) is 27.8. The molecule has 6 nitrogen and oxygen atoms in total. The van der Waals surface area contributed by atoms with Crippen LogP contribution in [0, 0.1) is 0 Å². The lowest BCUT2D eigenvalue weighted by Crippen LogP contribution is -2.27. The zero-order valence-corrected chi connectivity index (χ0v) is 25.7. The highest BCUT2D eigenvalue weighted by Gasteiger charge is 2.63. The molecule has 202 valence electrons. The number of hydrogen-bond acceptors (Lipinski definition) is 4. The van der Waals surface area contributed by atoms with Gasteiger partial charge in [-0.25, -0.2) is 0 Å². The van der Waals surface area contributed by atoms with Crippen LogP contribution < -0.4 is 0 Å². The lowest BCUT2D eigenvalue weighted by molar-refractivity contribution is 0.152. The van der Waals surface area contributed by atoms with Crippen LogP contribution >= 0.6 is 47.1 Å². The Morgan fingerprint density at radius 3 is 0.925 bits per heavy atom. The Hall–Kier alpha value is -2.38. The molecule has 0 aliphatic carbocycles. The number of rotatable bonds is 5. The van der Waals surface area contributed by atoms with E-state index < -0.39 is 26.4 Å². The molecule has 0 spiro atoms. The summed E-state index contributed by atoms with van der Waals surface area (Å²) >= 11 is 7.19. The lowest BCUT2D eigenvalue weighted by atomic mass is 9.84. The lowest BCUT2D eigenvalue weighted by Gasteiger charge is -2.30. The summed E-state index contributed by atoms with van der Waals surface area (Å²) in [5.74, 6) is 0. The molecule has 40 heavy (non-hydrogen) atoms. The molecule has 2 atom stereocenters. The van der Waals surface area contributed by atoms with Crippen molar-refractivity contribution in [1.82, 2.24) is 0 Å². The van der Waals surface area contributed by atoms with Crippen LogP contribution in [0.3, 0.4) is 0 Å². The van der Waals surface area contributed by atoms with Gasteiger partial charge in [-0.1, -0.05) is 153 Å². The van der Waals surface area contributed by atoms with Crippen LogP contribution in [-0.2, 0) is 29.4 Å². The average Bonchev–Trinajstić information content (AvgIpc) is 3.32. The monoisotopic (exact) mass is 698 g/mol. The molecule has 0 aromatic heterocycles. The first-order chi connectivity index (χ1) is 19.1. The Kier molecular flexibility index (Phi) is 7.06. The van der Waals surface area contributed by atoms with Crippen LogP contribution in [0.2, 0.25) is 0 Å². The molecule has 2 aliphatic rings. The van der Waals surface area contributed by atoms with Crippen molar-refractivity contribution in [2.75, 3.05) is 0 Å². The van der Waals surface area contributed by atoms with E-state index in [9.17, 15) is 18.9 Å². The summed E-state index contributed by atoms with van der Waals surface area (Å²) in [6.07, 6.45) is 0. The fraction of sp³-hybridized carbons (Fsp3) is 0.0667. The van der Waals surface area contributed by atoms with Gasteiger partial charge in [0, 0.05) is 0 Å². The van der Waals surface area contributed by atoms with Gasteiger partial charge in [0.05, 0.1) is 19.6 Å². The highest BCUT2D eigenvalue weighted by molar-refractivity contribution is 9.12. The summed E-state index contributed by atoms with van der Waals surface area (Å²) < 4.78 is 40.8. The first-order valence-electron chi connectivity index (χ1n) is 12.3. The predicted molar refractivity (Wildman–Crippen MR) is 161 cm³/mol. The van der Waals surface area contributed by atoms with E-state index in [0.717, 1.165) is 0 Å². The molecule has 0 amide bonds. The Balaban J connectivity index is 1.70. The first-order valence-corrected chi connectivity index (χ1v) is 17.0. The third-order valence-electron chi connectivity index (χ3n) is 7.07. The average molecular weight is 700 g/mol. The normalized spacial score (nSPS) is 25.4. The van der Waals surface area contributed by atoms with E-state index in [1.54, 1.807) is 97.1 Å².